The fourth-order valence-electron chi connectivity index (χ4n) is 1.98. The molecule has 0 spiro atoms. The van der Waals surface area contributed by atoms with Crippen LogP contribution in [0.5, 0.6) is 0 Å². The van der Waals surface area contributed by atoms with Crippen LogP contribution in [0, 0.1) is 0 Å². The van der Waals surface area contributed by atoms with Crippen LogP contribution in [0.3, 0.4) is 0 Å². The van der Waals surface area contributed by atoms with E-state index in [0.717, 1.165) is 5.56 Å². The third-order valence-electron chi connectivity index (χ3n) is 2.98. The number of carboxylic acids is 1. The minimum Gasteiger partial charge on any atom is -0.478 e. The van der Waals surface area contributed by atoms with Crippen molar-refractivity contribution < 1.29 is 14.7 Å². The Hall–Kier alpha value is -2.56. The van der Waals surface area contributed by atoms with Crippen LogP contribution in [0.25, 0.3) is 0 Å². The van der Waals surface area contributed by atoms with E-state index in [1.165, 1.54) is 6.07 Å². The second-order valence-corrected chi connectivity index (χ2v) is 4.60. The quantitative estimate of drug-likeness (QED) is 0.868. The van der Waals surface area contributed by atoms with E-state index in [-0.39, 0.29) is 17.9 Å². The van der Waals surface area contributed by atoms with Gasteiger partial charge in [-0.1, -0.05) is 18.2 Å². The van der Waals surface area contributed by atoms with Crippen molar-refractivity contribution >= 4 is 11.9 Å². The zero-order chi connectivity index (χ0) is 14.5. The number of benzene rings is 1. The van der Waals surface area contributed by atoms with Crippen LogP contribution < -0.4 is 5.32 Å². The molecule has 5 heteroatoms. The Balaban J connectivity index is 1.96. The Morgan fingerprint density at radius 1 is 1.25 bits per heavy atom. The smallest absolute Gasteiger partial charge is 0.335 e. The normalized spacial score (nSPS) is 10.2. The zero-order valence-electron chi connectivity index (χ0n) is 11.2. The van der Waals surface area contributed by atoms with Gasteiger partial charge in [0.05, 0.1) is 12.0 Å². The van der Waals surface area contributed by atoms with Gasteiger partial charge in [0.25, 0.3) is 0 Å². The molecule has 0 radical (unpaired) electrons. The Kier molecular flexibility index (Phi) is 4.20. The van der Waals surface area contributed by atoms with Crippen molar-refractivity contribution in [1.29, 1.82) is 0 Å². The molecule has 5 nitrogen and oxygen atoms in total. The van der Waals surface area contributed by atoms with Crippen LogP contribution >= 0.6 is 0 Å². The van der Waals surface area contributed by atoms with E-state index < -0.39 is 5.97 Å². The van der Waals surface area contributed by atoms with E-state index in [1.54, 1.807) is 18.2 Å². The predicted octanol–water partition coefficient (Wildman–Crippen LogP) is 1.58. The van der Waals surface area contributed by atoms with Crippen LogP contribution in [-0.4, -0.2) is 21.6 Å². The van der Waals surface area contributed by atoms with Crippen LogP contribution in [-0.2, 0) is 24.8 Å². The SMILES string of the molecule is Cn1ccc(CNC(=O)Cc2ccccc2C(=O)O)c1. The van der Waals surface area contributed by atoms with E-state index in [0.29, 0.717) is 12.1 Å². The number of aryl methyl sites for hydroxylation is 1. The largest absolute Gasteiger partial charge is 0.478 e. The summed E-state index contributed by atoms with van der Waals surface area (Å²) in [5.41, 5.74) is 1.69. The summed E-state index contributed by atoms with van der Waals surface area (Å²) in [6.07, 6.45) is 3.89. The van der Waals surface area contributed by atoms with Crippen molar-refractivity contribution in [1.82, 2.24) is 9.88 Å². The monoisotopic (exact) mass is 272 g/mol. The summed E-state index contributed by atoms with van der Waals surface area (Å²) in [6, 6.07) is 8.46. The van der Waals surface area contributed by atoms with Crippen LogP contribution in [0.15, 0.2) is 42.7 Å². The van der Waals surface area contributed by atoms with E-state index in [4.69, 9.17) is 5.11 Å². The predicted molar refractivity (Wildman–Crippen MR) is 74.4 cm³/mol. The maximum atomic E-state index is 11.9. The molecule has 0 saturated carbocycles. The molecule has 1 heterocycles. The number of aromatic carboxylic acids is 1. The second-order valence-electron chi connectivity index (χ2n) is 4.60. The van der Waals surface area contributed by atoms with Gasteiger partial charge in [-0.3, -0.25) is 4.79 Å². The number of nitrogens with zero attached hydrogens (tertiary/aromatic N) is 1. The highest BCUT2D eigenvalue weighted by Crippen LogP contribution is 2.09. The topological polar surface area (TPSA) is 71.3 Å². The maximum absolute atomic E-state index is 11.9. The first kappa shape index (κ1) is 13.9. The molecule has 1 aromatic carbocycles. The number of carbonyl (C=O) groups is 2. The molecule has 0 aliphatic heterocycles. The lowest BCUT2D eigenvalue weighted by molar-refractivity contribution is -0.120. The van der Waals surface area contributed by atoms with Crippen molar-refractivity contribution in [3.63, 3.8) is 0 Å². The summed E-state index contributed by atoms with van der Waals surface area (Å²) in [4.78, 5) is 22.9. The molecule has 1 aromatic heterocycles. The zero-order valence-corrected chi connectivity index (χ0v) is 11.2. The standard InChI is InChI=1S/C15H16N2O3/c1-17-7-6-11(10-17)9-16-14(18)8-12-4-2-3-5-13(12)15(19)20/h2-7,10H,8-9H2,1H3,(H,16,18)(H,19,20). The number of hydrogen-bond acceptors (Lipinski definition) is 2. The first-order valence-corrected chi connectivity index (χ1v) is 6.25. The Morgan fingerprint density at radius 2 is 2.00 bits per heavy atom. The first-order chi connectivity index (χ1) is 9.56. The number of hydrogen-bond donors (Lipinski definition) is 2. The lowest BCUT2D eigenvalue weighted by atomic mass is 10.0. The van der Waals surface area contributed by atoms with E-state index in [1.807, 2.05) is 30.1 Å². The molecule has 0 fully saturated rings. The molecule has 0 aliphatic rings. The van der Waals surface area contributed by atoms with Gasteiger partial charge in [-0.05, 0) is 23.3 Å². The summed E-state index contributed by atoms with van der Waals surface area (Å²) >= 11 is 0. The Morgan fingerprint density at radius 3 is 2.65 bits per heavy atom. The number of carbonyl (C=O) groups excluding carboxylic acids is 1. The van der Waals surface area contributed by atoms with Crippen LogP contribution in [0.1, 0.15) is 21.5 Å². The molecule has 2 N–H and O–H groups in total. The summed E-state index contributed by atoms with van der Waals surface area (Å²) < 4.78 is 1.90. The highest BCUT2D eigenvalue weighted by molar-refractivity contribution is 5.91. The van der Waals surface area contributed by atoms with Gasteiger partial charge >= 0.3 is 5.97 Å². The van der Waals surface area contributed by atoms with Gasteiger partial charge in [0.15, 0.2) is 0 Å². The molecule has 0 unspecified atom stereocenters. The molecule has 104 valence electrons. The number of amides is 1. The second kappa shape index (κ2) is 6.06. The molecule has 0 aliphatic carbocycles. The molecule has 1 amide bonds. The van der Waals surface area contributed by atoms with E-state index in [2.05, 4.69) is 5.32 Å². The third kappa shape index (κ3) is 3.47. The first-order valence-electron chi connectivity index (χ1n) is 6.25. The highest BCUT2D eigenvalue weighted by Gasteiger charge is 2.12. The van der Waals surface area contributed by atoms with Gasteiger partial charge in [0.1, 0.15) is 0 Å². The van der Waals surface area contributed by atoms with Gasteiger partial charge in [-0.25, -0.2) is 4.79 Å². The van der Waals surface area contributed by atoms with Gasteiger partial charge in [0, 0.05) is 26.0 Å². The molecule has 0 saturated heterocycles. The summed E-state index contributed by atoms with van der Waals surface area (Å²) in [7, 11) is 1.91. The molecule has 2 rings (SSSR count). The van der Waals surface area contributed by atoms with E-state index >= 15 is 0 Å². The Bertz CT molecular complexity index is 632. The summed E-state index contributed by atoms with van der Waals surface area (Å²) in [5, 5.41) is 11.8. The number of carboxylic acid groups (broad SMARTS) is 1. The minimum absolute atomic E-state index is 0.0648. The molecule has 0 bridgehead atoms. The van der Waals surface area contributed by atoms with Gasteiger partial charge in [-0.15, -0.1) is 0 Å². The molecule has 20 heavy (non-hydrogen) atoms. The number of aromatic nitrogens is 1. The van der Waals surface area contributed by atoms with Crippen molar-refractivity contribution in [3.05, 3.63) is 59.4 Å². The average molecular weight is 272 g/mol. The van der Waals surface area contributed by atoms with Crippen molar-refractivity contribution in [2.75, 3.05) is 0 Å². The van der Waals surface area contributed by atoms with Gasteiger partial charge in [0.2, 0.25) is 5.91 Å². The lowest BCUT2D eigenvalue weighted by Gasteiger charge is -2.06. The van der Waals surface area contributed by atoms with Crippen molar-refractivity contribution in [2.45, 2.75) is 13.0 Å². The highest BCUT2D eigenvalue weighted by atomic mass is 16.4. The molecule has 0 atom stereocenters. The van der Waals surface area contributed by atoms with Gasteiger partial charge < -0.3 is 15.0 Å². The molecule has 2 aromatic rings. The number of nitrogens with one attached hydrogen (secondary N) is 1. The summed E-state index contributed by atoms with van der Waals surface area (Å²) in [5.74, 6) is -1.21. The van der Waals surface area contributed by atoms with Gasteiger partial charge in [-0.2, -0.15) is 0 Å². The third-order valence-corrected chi connectivity index (χ3v) is 2.98. The maximum Gasteiger partial charge on any atom is 0.335 e. The average Bonchev–Trinajstić information content (AvgIpc) is 2.83. The Labute approximate surface area is 116 Å². The fraction of sp³-hybridized carbons (Fsp3) is 0.200. The molecular formula is C15H16N2O3. The van der Waals surface area contributed by atoms with Crippen LogP contribution in [0.2, 0.25) is 0 Å². The van der Waals surface area contributed by atoms with Crippen molar-refractivity contribution in [3.8, 4) is 0 Å². The number of rotatable bonds is 5. The summed E-state index contributed by atoms with van der Waals surface area (Å²) in [6.45, 7) is 0.439. The lowest BCUT2D eigenvalue weighted by Crippen LogP contribution is -2.25. The fourth-order valence-corrected chi connectivity index (χ4v) is 1.98. The van der Waals surface area contributed by atoms with E-state index in [9.17, 15) is 9.59 Å². The minimum atomic E-state index is -1.02. The van der Waals surface area contributed by atoms with Crippen LogP contribution in [0.4, 0.5) is 0 Å². The molecular weight excluding hydrogens is 256 g/mol. The van der Waals surface area contributed by atoms with Crippen molar-refractivity contribution in [2.24, 2.45) is 7.05 Å².